The third-order valence-corrected chi connectivity index (χ3v) is 5.89. The molecule has 0 aliphatic carbocycles. The molecular formula is C27H37NO5. The van der Waals surface area contributed by atoms with E-state index in [0.717, 1.165) is 41.9 Å². The number of hydrogen-bond donors (Lipinski definition) is 2. The predicted octanol–water partition coefficient (Wildman–Crippen LogP) is 5.13. The Labute approximate surface area is 197 Å². The maximum atomic E-state index is 13.0. The summed E-state index contributed by atoms with van der Waals surface area (Å²) in [6.45, 7) is 8.53. The largest absolute Gasteiger partial charge is 0.493 e. The Balaban J connectivity index is 2.21. The highest BCUT2D eigenvalue weighted by Gasteiger charge is 2.27. The average Bonchev–Trinajstić information content (AvgIpc) is 2.80. The van der Waals surface area contributed by atoms with Crippen LogP contribution >= 0.6 is 0 Å². The number of aliphatic carboxylic acids is 1. The fraction of sp³-hybridized carbons (Fsp3) is 0.481. The number of carbonyl (C=O) groups is 2. The van der Waals surface area contributed by atoms with Crippen LogP contribution < -0.4 is 14.8 Å². The Morgan fingerprint density at radius 3 is 2.15 bits per heavy atom. The van der Waals surface area contributed by atoms with Crippen molar-refractivity contribution in [2.75, 3.05) is 19.8 Å². The van der Waals surface area contributed by atoms with Gasteiger partial charge in [0.05, 0.1) is 13.2 Å². The Bertz CT molecular complexity index is 870. The fourth-order valence-electron chi connectivity index (χ4n) is 4.03. The van der Waals surface area contributed by atoms with Crippen LogP contribution in [0, 0.1) is 12.8 Å². The molecule has 6 nitrogen and oxygen atoms in total. The van der Waals surface area contributed by atoms with Crippen LogP contribution in [0.15, 0.2) is 42.5 Å². The normalized spacial score (nSPS) is 12.6. The summed E-state index contributed by atoms with van der Waals surface area (Å²) in [4.78, 5) is 24.0. The molecule has 0 radical (unpaired) electrons. The number of unbranched alkanes of at least 4 members (excludes halogenated alkanes) is 1. The molecule has 2 unspecified atom stereocenters. The topological polar surface area (TPSA) is 84.9 Å². The number of carboxylic acids is 1. The summed E-state index contributed by atoms with van der Waals surface area (Å²) in [5.41, 5.74) is 3.16. The van der Waals surface area contributed by atoms with E-state index in [4.69, 9.17) is 14.6 Å². The van der Waals surface area contributed by atoms with Gasteiger partial charge in [-0.2, -0.15) is 0 Å². The van der Waals surface area contributed by atoms with Crippen molar-refractivity contribution in [2.24, 2.45) is 5.92 Å². The van der Waals surface area contributed by atoms with E-state index in [1.54, 1.807) is 0 Å². The van der Waals surface area contributed by atoms with E-state index in [2.05, 4.69) is 17.4 Å². The molecule has 2 atom stereocenters. The number of aryl methyl sites for hydroxylation is 1. The zero-order chi connectivity index (χ0) is 24.2. The first-order valence-corrected chi connectivity index (χ1v) is 11.8. The third-order valence-electron chi connectivity index (χ3n) is 5.89. The van der Waals surface area contributed by atoms with Crippen LogP contribution in [0.2, 0.25) is 0 Å². The SMILES string of the molecule is CCOc1cc(C(C)C(CCCCc2ccccc2)C(=O)NCC(=O)O)cc(OCC)c1C. The average molecular weight is 456 g/mol. The molecule has 0 spiro atoms. The first kappa shape index (κ1) is 26.2. The monoisotopic (exact) mass is 455 g/mol. The lowest BCUT2D eigenvalue weighted by Crippen LogP contribution is -2.36. The van der Waals surface area contributed by atoms with Crippen molar-refractivity contribution in [2.45, 2.75) is 59.3 Å². The van der Waals surface area contributed by atoms with Crippen LogP contribution in [-0.2, 0) is 16.0 Å². The minimum atomic E-state index is -1.05. The number of nitrogens with one attached hydrogen (secondary N) is 1. The Morgan fingerprint density at radius 1 is 1.00 bits per heavy atom. The number of amides is 1. The Kier molecular flexibility index (Phi) is 10.7. The van der Waals surface area contributed by atoms with Crippen molar-refractivity contribution < 1.29 is 24.2 Å². The fourth-order valence-corrected chi connectivity index (χ4v) is 4.03. The number of carboxylic acid groups (broad SMARTS) is 1. The van der Waals surface area contributed by atoms with Crippen LogP contribution in [0.5, 0.6) is 11.5 Å². The van der Waals surface area contributed by atoms with Gasteiger partial charge in [0.15, 0.2) is 0 Å². The zero-order valence-corrected chi connectivity index (χ0v) is 20.2. The van der Waals surface area contributed by atoms with Gasteiger partial charge in [-0.25, -0.2) is 0 Å². The molecule has 33 heavy (non-hydrogen) atoms. The van der Waals surface area contributed by atoms with Gasteiger partial charge in [-0.15, -0.1) is 0 Å². The molecule has 2 N–H and O–H groups in total. The van der Waals surface area contributed by atoms with Gasteiger partial charge in [0.2, 0.25) is 5.91 Å². The van der Waals surface area contributed by atoms with Crippen LogP contribution in [-0.4, -0.2) is 36.7 Å². The summed E-state index contributed by atoms with van der Waals surface area (Å²) in [7, 11) is 0. The molecule has 0 saturated heterocycles. The lowest BCUT2D eigenvalue weighted by molar-refractivity contribution is -0.138. The number of carbonyl (C=O) groups excluding carboxylic acids is 1. The van der Waals surface area contributed by atoms with Crippen LogP contribution in [0.1, 0.15) is 62.6 Å². The molecule has 0 saturated carbocycles. The van der Waals surface area contributed by atoms with E-state index >= 15 is 0 Å². The van der Waals surface area contributed by atoms with E-state index < -0.39 is 5.97 Å². The predicted molar refractivity (Wildman–Crippen MR) is 130 cm³/mol. The molecule has 2 aromatic carbocycles. The highest BCUT2D eigenvalue weighted by atomic mass is 16.5. The van der Waals surface area contributed by atoms with Crippen molar-refractivity contribution in [3.8, 4) is 11.5 Å². The van der Waals surface area contributed by atoms with Gasteiger partial charge in [-0.05, 0) is 69.2 Å². The first-order chi connectivity index (χ1) is 15.9. The standard InChI is InChI=1S/C27H37NO5/c1-5-32-24-16-22(17-25(20(24)4)33-6-2)19(3)23(27(31)28-18-26(29)30)15-11-10-14-21-12-8-7-9-13-21/h7-9,12-13,16-17,19,23H,5-6,10-11,14-15,18H2,1-4H3,(H,28,31)(H,29,30). The molecule has 0 aliphatic rings. The van der Waals surface area contributed by atoms with Crippen molar-refractivity contribution in [1.29, 1.82) is 0 Å². The number of ether oxygens (including phenoxy) is 2. The summed E-state index contributed by atoms with van der Waals surface area (Å²) >= 11 is 0. The van der Waals surface area contributed by atoms with Crippen LogP contribution in [0.3, 0.4) is 0 Å². The zero-order valence-electron chi connectivity index (χ0n) is 20.2. The number of benzene rings is 2. The maximum Gasteiger partial charge on any atom is 0.322 e. The summed E-state index contributed by atoms with van der Waals surface area (Å²) < 4.78 is 11.6. The molecule has 0 bridgehead atoms. The van der Waals surface area contributed by atoms with Gasteiger partial charge >= 0.3 is 5.97 Å². The number of rotatable bonds is 14. The van der Waals surface area contributed by atoms with Gasteiger partial charge in [0, 0.05) is 11.5 Å². The molecule has 6 heteroatoms. The van der Waals surface area contributed by atoms with E-state index in [1.807, 2.05) is 58.0 Å². The molecule has 0 fully saturated rings. The second-order valence-corrected chi connectivity index (χ2v) is 8.25. The van der Waals surface area contributed by atoms with Crippen LogP contribution in [0.4, 0.5) is 0 Å². The highest BCUT2D eigenvalue weighted by molar-refractivity contribution is 5.83. The summed E-state index contributed by atoms with van der Waals surface area (Å²) in [6.07, 6.45) is 3.45. The summed E-state index contributed by atoms with van der Waals surface area (Å²) in [6, 6.07) is 14.2. The quantitative estimate of drug-likeness (QED) is 0.386. The van der Waals surface area contributed by atoms with Gasteiger partial charge in [0.25, 0.3) is 0 Å². The third kappa shape index (κ3) is 8.12. The van der Waals surface area contributed by atoms with Crippen molar-refractivity contribution in [1.82, 2.24) is 5.32 Å². The van der Waals surface area contributed by atoms with E-state index in [0.29, 0.717) is 19.6 Å². The van der Waals surface area contributed by atoms with Gasteiger partial charge in [-0.3, -0.25) is 9.59 Å². The second-order valence-electron chi connectivity index (χ2n) is 8.25. The van der Waals surface area contributed by atoms with E-state index in [1.165, 1.54) is 5.56 Å². The summed E-state index contributed by atoms with van der Waals surface area (Å²) in [5.74, 6) is -0.271. The molecule has 0 heterocycles. The number of hydrogen-bond acceptors (Lipinski definition) is 4. The van der Waals surface area contributed by atoms with Gasteiger partial charge < -0.3 is 19.9 Å². The molecule has 180 valence electrons. The smallest absolute Gasteiger partial charge is 0.322 e. The molecule has 2 aromatic rings. The Morgan fingerprint density at radius 2 is 1.61 bits per heavy atom. The van der Waals surface area contributed by atoms with E-state index in [9.17, 15) is 9.59 Å². The van der Waals surface area contributed by atoms with E-state index in [-0.39, 0.29) is 24.3 Å². The van der Waals surface area contributed by atoms with Crippen molar-refractivity contribution >= 4 is 11.9 Å². The minimum absolute atomic E-state index is 0.130. The second kappa shape index (κ2) is 13.5. The lowest BCUT2D eigenvalue weighted by Gasteiger charge is -2.25. The first-order valence-electron chi connectivity index (χ1n) is 11.8. The molecule has 0 aromatic heterocycles. The molecule has 2 rings (SSSR count). The molecule has 1 amide bonds. The minimum Gasteiger partial charge on any atom is -0.493 e. The highest BCUT2D eigenvalue weighted by Crippen LogP contribution is 2.37. The Hall–Kier alpha value is -3.02. The van der Waals surface area contributed by atoms with Gasteiger partial charge in [0.1, 0.15) is 18.0 Å². The van der Waals surface area contributed by atoms with Crippen LogP contribution in [0.25, 0.3) is 0 Å². The lowest BCUT2D eigenvalue weighted by atomic mass is 9.82. The summed E-state index contributed by atoms with van der Waals surface area (Å²) in [5, 5.41) is 11.6. The van der Waals surface area contributed by atoms with Crippen molar-refractivity contribution in [3.63, 3.8) is 0 Å². The molecule has 0 aliphatic heterocycles. The van der Waals surface area contributed by atoms with Crippen molar-refractivity contribution in [3.05, 3.63) is 59.2 Å². The maximum absolute atomic E-state index is 13.0. The molecular weight excluding hydrogens is 418 g/mol. The van der Waals surface area contributed by atoms with Gasteiger partial charge in [-0.1, -0.05) is 43.7 Å².